The monoisotopic (exact) mass is 263 g/mol. The van der Waals surface area contributed by atoms with Gasteiger partial charge in [0.1, 0.15) is 5.75 Å². The summed E-state index contributed by atoms with van der Waals surface area (Å²) in [4.78, 5) is 0.139. The molecule has 0 aromatic heterocycles. The molecule has 0 amide bonds. The third-order valence-electron chi connectivity index (χ3n) is 4.09. The Hall–Kier alpha value is -0.670. The van der Waals surface area contributed by atoms with Crippen molar-refractivity contribution in [2.24, 2.45) is 0 Å². The molecule has 0 bridgehead atoms. The second-order valence-corrected chi connectivity index (χ2v) is 7.08. The van der Waals surface area contributed by atoms with Crippen LogP contribution in [0.5, 0.6) is 5.75 Å². The van der Waals surface area contributed by atoms with E-state index in [0.29, 0.717) is 0 Å². The molecule has 18 heavy (non-hydrogen) atoms. The maximum Gasteiger partial charge on any atom is 0.119 e. The van der Waals surface area contributed by atoms with E-state index < -0.39 is 0 Å². The molecule has 0 radical (unpaired) electrons. The average Bonchev–Trinajstić information content (AvgIpc) is 2.39. The predicted molar refractivity (Wildman–Crippen MR) is 77.3 cm³/mol. The van der Waals surface area contributed by atoms with Crippen LogP contribution in [0.15, 0.2) is 18.2 Å². The summed E-state index contributed by atoms with van der Waals surface area (Å²) in [5, 5.41) is 4.52. The Kier molecular flexibility index (Phi) is 3.29. The zero-order valence-corrected chi connectivity index (χ0v) is 12.0. The molecule has 98 valence electrons. The molecular weight excluding hydrogens is 242 g/mol. The molecule has 3 rings (SSSR count). The summed E-state index contributed by atoms with van der Waals surface area (Å²) >= 11 is 2.10. The van der Waals surface area contributed by atoms with Gasteiger partial charge in [0.05, 0.1) is 12.0 Å². The maximum atomic E-state index is 5.40. The summed E-state index contributed by atoms with van der Waals surface area (Å²) in [6.45, 7) is 3.48. The van der Waals surface area contributed by atoms with Gasteiger partial charge in [0, 0.05) is 5.25 Å². The molecule has 2 nitrogen and oxygen atoms in total. The lowest BCUT2D eigenvalue weighted by atomic mass is 9.86. The molecule has 1 aromatic rings. The van der Waals surface area contributed by atoms with Crippen LogP contribution >= 0.6 is 11.8 Å². The van der Waals surface area contributed by atoms with Crippen molar-refractivity contribution in [2.75, 3.05) is 13.7 Å². The minimum atomic E-state index is 0.139. The first-order chi connectivity index (χ1) is 8.73. The first-order valence-corrected chi connectivity index (χ1v) is 7.72. The maximum absolute atomic E-state index is 5.40. The fourth-order valence-corrected chi connectivity index (χ4v) is 4.85. The van der Waals surface area contributed by atoms with Gasteiger partial charge in [-0.15, -0.1) is 11.8 Å². The lowest BCUT2D eigenvalue weighted by Gasteiger charge is -2.44. The number of nitrogens with one attached hydrogen (secondary N) is 1. The highest BCUT2D eigenvalue weighted by molar-refractivity contribution is 8.00. The lowest BCUT2D eigenvalue weighted by Crippen LogP contribution is -2.47. The summed E-state index contributed by atoms with van der Waals surface area (Å²) in [5.74, 6) is 0.982. The summed E-state index contributed by atoms with van der Waals surface area (Å²) < 4.78 is 5.40. The molecule has 1 aliphatic carbocycles. The minimum Gasteiger partial charge on any atom is -0.497 e. The predicted octanol–water partition coefficient (Wildman–Crippen LogP) is 3.30. The van der Waals surface area contributed by atoms with Crippen LogP contribution in [0.2, 0.25) is 0 Å². The van der Waals surface area contributed by atoms with E-state index in [0.717, 1.165) is 17.5 Å². The molecule has 2 aliphatic rings. The molecule has 2 atom stereocenters. The van der Waals surface area contributed by atoms with Gasteiger partial charge in [-0.1, -0.05) is 13.0 Å². The highest BCUT2D eigenvalue weighted by Crippen LogP contribution is 2.48. The van der Waals surface area contributed by atoms with E-state index >= 15 is 0 Å². The van der Waals surface area contributed by atoms with Crippen LogP contribution in [0.25, 0.3) is 0 Å². The minimum absolute atomic E-state index is 0.139. The number of methoxy groups -OCH3 is 1. The van der Waals surface area contributed by atoms with E-state index in [2.05, 4.69) is 42.2 Å². The third kappa shape index (κ3) is 2.04. The number of thioether (sulfide) groups is 1. The van der Waals surface area contributed by atoms with Crippen LogP contribution in [0, 0.1) is 0 Å². The van der Waals surface area contributed by atoms with Gasteiger partial charge < -0.3 is 4.74 Å². The summed E-state index contributed by atoms with van der Waals surface area (Å²) in [5.41, 5.74) is 2.96. The van der Waals surface area contributed by atoms with Crippen molar-refractivity contribution < 1.29 is 4.74 Å². The molecule has 1 fully saturated rings. The number of benzene rings is 1. The standard InChI is InChI=1S/C15H21NOS/c1-11-7-9-16-15(18-11)8-3-4-12-5-6-13(17-2)10-14(12)15/h5-6,10-11,16H,3-4,7-9H2,1-2H3. The fraction of sp³-hybridized carbons (Fsp3) is 0.600. The Bertz CT molecular complexity index is 448. The van der Waals surface area contributed by atoms with Gasteiger partial charge in [-0.25, -0.2) is 0 Å². The van der Waals surface area contributed by atoms with Gasteiger partial charge in [0.25, 0.3) is 0 Å². The van der Waals surface area contributed by atoms with Crippen molar-refractivity contribution in [3.8, 4) is 5.75 Å². The highest BCUT2D eigenvalue weighted by Gasteiger charge is 2.40. The van der Waals surface area contributed by atoms with E-state index in [9.17, 15) is 0 Å². The van der Waals surface area contributed by atoms with E-state index in [-0.39, 0.29) is 4.87 Å². The Morgan fingerprint density at radius 2 is 2.33 bits per heavy atom. The van der Waals surface area contributed by atoms with E-state index in [1.54, 1.807) is 7.11 Å². The molecule has 1 N–H and O–H groups in total. The van der Waals surface area contributed by atoms with Crippen molar-refractivity contribution in [1.29, 1.82) is 0 Å². The topological polar surface area (TPSA) is 21.3 Å². The van der Waals surface area contributed by atoms with Crippen molar-refractivity contribution in [3.63, 3.8) is 0 Å². The molecule has 3 heteroatoms. The average molecular weight is 263 g/mol. The van der Waals surface area contributed by atoms with Crippen LogP contribution in [-0.4, -0.2) is 18.9 Å². The van der Waals surface area contributed by atoms with Gasteiger partial charge in [0.15, 0.2) is 0 Å². The van der Waals surface area contributed by atoms with Crippen LogP contribution in [0.1, 0.15) is 37.3 Å². The summed E-state index contributed by atoms with van der Waals surface area (Å²) in [6, 6.07) is 6.58. The number of fused-ring (bicyclic) bond motifs is 2. The van der Waals surface area contributed by atoms with Gasteiger partial charge in [-0.2, -0.15) is 0 Å². The molecule has 1 spiro atoms. The highest BCUT2D eigenvalue weighted by atomic mass is 32.2. The molecule has 1 saturated heterocycles. The first kappa shape index (κ1) is 12.4. The number of rotatable bonds is 1. The normalized spacial score (nSPS) is 31.1. The van der Waals surface area contributed by atoms with Crippen molar-refractivity contribution in [1.82, 2.24) is 5.32 Å². The SMILES string of the molecule is COc1ccc2c(c1)C1(CCC2)NCCC(C)S1. The van der Waals surface area contributed by atoms with Gasteiger partial charge in [0.2, 0.25) is 0 Å². The zero-order valence-electron chi connectivity index (χ0n) is 11.2. The number of hydrogen-bond donors (Lipinski definition) is 1. The van der Waals surface area contributed by atoms with E-state index in [1.807, 2.05) is 0 Å². The number of hydrogen-bond acceptors (Lipinski definition) is 3. The van der Waals surface area contributed by atoms with E-state index in [1.165, 1.54) is 36.8 Å². The van der Waals surface area contributed by atoms with Crippen molar-refractivity contribution in [2.45, 2.75) is 42.7 Å². The Morgan fingerprint density at radius 1 is 1.44 bits per heavy atom. The first-order valence-electron chi connectivity index (χ1n) is 6.84. The molecule has 1 heterocycles. The quantitative estimate of drug-likeness (QED) is 0.840. The van der Waals surface area contributed by atoms with Crippen LogP contribution in [-0.2, 0) is 11.3 Å². The summed E-state index contributed by atoms with van der Waals surface area (Å²) in [6.07, 6.45) is 5.00. The van der Waals surface area contributed by atoms with Crippen molar-refractivity contribution in [3.05, 3.63) is 29.3 Å². The second kappa shape index (κ2) is 4.78. The third-order valence-corrected chi connectivity index (χ3v) is 5.70. The Labute approximate surface area is 113 Å². The van der Waals surface area contributed by atoms with E-state index in [4.69, 9.17) is 4.74 Å². The smallest absolute Gasteiger partial charge is 0.119 e. The largest absolute Gasteiger partial charge is 0.497 e. The van der Waals surface area contributed by atoms with Crippen LogP contribution in [0.3, 0.4) is 0 Å². The Balaban J connectivity index is 2.04. The van der Waals surface area contributed by atoms with Crippen LogP contribution < -0.4 is 10.1 Å². The fourth-order valence-electron chi connectivity index (χ4n) is 3.17. The molecule has 1 aliphatic heterocycles. The van der Waals surface area contributed by atoms with Crippen LogP contribution in [0.4, 0.5) is 0 Å². The second-order valence-electron chi connectivity index (χ2n) is 5.35. The molecule has 2 unspecified atom stereocenters. The number of aryl methyl sites for hydroxylation is 1. The zero-order chi connectivity index (χ0) is 12.6. The Morgan fingerprint density at radius 3 is 3.11 bits per heavy atom. The lowest BCUT2D eigenvalue weighted by molar-refractivity contribution is 0.385. The molecule has 1 aromatic carbocycles. The van der Waals surface area contributed by atoms with Gasteiger partial charge in [-0.05, 0) is 55.5 Å². The van der Waals surface area contributed by atoms with Gasteiger partial charge in [-0.3, -0.25) is 5.32 Å². The molecular formula is C15H21NOS. The number of ether oxygens (including phenoxy) is 1. The van der Waals surface area contributed by atoms with Gasteiger partial charge >= 0.3 is 0 Å². The van der Waals surface area contributed by atoms with Crippen molar-refractivity contribution >= 4 is 11.8 Å². The molecule has 0 saturated carbocycles. The summed E-state index contributed by atoms with van der Waals surface area (Å²) in [7, 11) is 1.75.